The third-order valence-electron chi connectivity index (χ3n) is 3.89. The fourth-order valence-corrected chi connectivity index (χ4v) is 2.52. The molecule has 1 fully saturated rings. The first kappa shape index (κ1) is 14.2. The van der Waals surface area contributed by atoms with Gasteiger partial charge in [0.05, 0.1) is 17.6 Å². The molecule has 1 atom stereocenters. The van der Waals surface area contributed by atoms with Gasteiger partial charge in [0.2, 0.25) is 0 Å². The van der Waals surface area contributed by atoms with Crippen molar-refractivity contribution in [3.63, 3.8) is 0 Å². The van der Waals surface area contributed by atoms with E-state index in [1.807, 2.05) is 12.3 Å². The Morgan fingerprint density at radius 1 is 1.37 bits per heavy atom. The lowest BCUT2D eigenvalue weighted by Gasteiger charge is -2.38. The molecule has 0 aliphatic carbocycles. The molecule has 104 valence electrons. The normalized spacial score (nSPS) is 18.3. The monoisotopic (exact) mass is 278 g/mol. The molecule has 19 heavy (non-hydrogen) atoms. The van der Waals surface area contributed by atoms with Gasteiger partial charge in [0.25, 0.3) is 0 Å². The van der Waals surface area contributed by atoms with Crippen LogP contribution in [-0.4, -0.2) is 47.1 Å². The van der Waals surface area contributed by atoms with E-state index in [0.717, 1.165) is 31.9 Å². The Bertz CT molecular complexity index is 424. The zero-order valence-electron chi connectivity index (χ0n) is 11.7. The van der Waals surface area contributed by atoms with E-state index in [9.17, 15) is 0 Å². The summed E-state index contributed by atoms with van der Waals surface area (Å²) in [6.45, 7) is 8.89. The average Bonchev–Trinajstić information content (AvgIpc) is 2.46. The second-order valence-corrected chi connectivity index (χ2v) is 5.49. The Hall–Kier alpha value is -1.20. The molecule has 1 aromatic rings. The van der Waals surface area contributed by atoms with E-state index in [1.54, 1.807) is 0 Å². The maximum atomic E-state index is 5.56. The molecule has 0 spiro atoms. The molecule has 1 aliphatic heterocycles. The number of hydrogen-bond acceptors (Lipinski definition) is 4. The summed E-state index contributed by atoms with van der Waals surface area (Å²) >= 11 is 4.91. The van der Waals surface area contributed by atoms with Crippen molar-refractivity contribution in [3.05, 3.63) is 24.0 Å². The molecular weight excluding hydrogens is 256 g/mol. The van der Waals surface area contributed by atoms with Gasteiger partial charge in [0, 0.05) is 32.2 Å². The molecule has 1 aromatic heterocycles. The Kier molecular flexibility index (Phi) is 4.71. The smallest absolute Gasteiger partial charge is 0.122 e. The van der Waals surface area contributed by atoms with Gasteiger partial charge in [-0.1, -0.05) is 19.1 Å². The highest BCUT2D eigenvalue weighted by molar-refractivity contribution is 7.80. The zero-order valence-corrected chi connectivity index (χ0v) is 12.5. The van der Waals surface area contributed by atoms with Crippen LogP contribution in [0.3, 0.4) is 0 Å². The van der Waals surface area contributed by atoms with Crippen molar-refractivity contribution >= 4 is 22.9 Å². The van der Waals surface area contributed by atoms with Crippen molar-refractivity contribution < 1.29 is 0 Å². The number of rotatable bonds is 4. The van der Waals surface area contributed by atoms with Crippen LogP contribution in [0.1, 0.15) is 26.0 Å². The van der Waals surface area contributed by atoms with Crippen LogP contribution in [0.5, 0.6) is 0 Å². The SMILES string of the molecule is CCC(C)N1CCN(c2ccc(C(N)=S)nc2)CC1. The van der Waals surface area contributed by atoms with Crippen LogP contribution >= 0.6 is 12.2 Å². The predicted molar refractivity (Wildman–Crippen MR) is 83.7 cm³/mol. The van der Waals surface area contributed by atoms with Crippen molar-refractivity contribution in [1.82, 2.24) is 9.88 Å². The van der Waals surface area contributed by atoms with Crippen LogP contribution < -0.4 is 10.6 Å². The summed E-state index contributed by atoms with van der Waals surface area (Å²) in [7, 11) is 0. The summed E-state index contributed by atoms with van der Waals surface area (Å²) < 4.78 is 0. The van der Waals surface area contributed by atoms with Crippen molar-refractivity contribution in [1.29, 1.82) is 0 Å². The molecule has 4 nitrogen and oxygen atoms in total. The lowest BCUT2D eigenvalue weighted by Crippen LogP contribution is -2.49. The minimum atomic E-state index is 0.355. The molecular formula is C14H22N4S. The Morgan fingerprint density at radius 2 is 2.05 bits per heavy atom. The van der Waals surface area contributed by atoms with Crippen molar-refractivity contribution in [3.8, 4) is 0 Å². The van der Waals surface area contributed by atoms with E-state index in [4.69, 9.17) is 18.0 Å². The number of nitrogens with zero attached hydrogens (tertiary/aromatic N) is 3. The Labute approximate surface area is 120 Å². The highest BCUT2D eigenvalue weighted by atomic mass is 32.1. The Morgan fingerprint density at radius 3 is 2.53 bits per heavy atom. The number of thiocarbonyl (C=S) groups is 1. The highest BCUT2D eigenvalue weighted by Gasteiger charge is 2.20. The third-order valence-corrected chi connectivity index (χ3v) is 4.10. The third kappa shape index (κ3) is 3.42. The molecule has 5 heteroatoms. The second-order valence-electron chi connectivity index (χ2n) is 5.05. The van der Waals surface area contributed by atoms with Gasteiger partial charge in [-0.05, 0) is 25.5 Å². The van der Waals surface area contributed by atoms with Crippen molar-refractivity contribution in [2.45, 2.75) is 26.3 Å². The zero-order chi connectivity index (χ0) is 13.8. The lowest BCUT2D eigenvalue weighted by molar-refractivity contribution is 0.193. The second kappa shape index (κ2) is 6.30. The van der Waals surface area contributed by atoms with E-state index in [0.29, 0.717) is 16.7 Å². The molecule has 1 unspecified atom stereocenters. The molecule has 1 aliphatic rings. The summed E-state index contributed by atoms with van der Waals surface area (Å²) in [6, 6.07) is 4.64. The van der Waals surface area contributed by atoms with Crippen LogP contribution in [0.25, 0.3) is 0 Å². The van der Waals surface area contributed by atoms with Gasteiger partial charge in [0.1, 0.15) is 4.99 Å². The first-order valence-corrected chi connectivity index (χ1v) is 7.27. The molecule has 0 radical (unpaired) electrons. The van der Waals surface area contributed by atoms with Crippen molar-refractivity contribution in [2.24, 2.45) is 5.73 Å². The maximum absolute atomic E-state index is 5.56. The van der Waals surface area contributed by atoms with Gasteiger partial charge in [-0.25, -0.2) is 0 Å². The van der Waals surface area contributed by atoms with Crippen LogP contribution in [0.15, 0.2) is 18.3 Å². The fourth-order valence-electron chi connectivity index (χ4n) is 2.40. The maximum Gasteiger partial charge on any atom is 0.122 e. The standard InChI is InChI=1S/C14H22N4S/c1-3-11(2)17-6-8-18(9-7-17)12-4-5-13(14(15)19)16-10-12/h4-5,10-11H,3,6-9H2,1-2H3,(H2,15,19). The van der Waals surface area contributed by atoms with Crippen LogP contribution in [0.4, 0.5) is 5.69 Å². The summed E-state index contributed by atoms with van der Waals surface area (Å²) in [6.07, 6.45) is 3.08. The largest absolute Gasteiger partial charge is 0.388 e. The summed E-state index contributed by atoms with van der Waals surface area (Å²) in [5.41, 5.74) is 7.41. The molecule has 0 aromatic carbocycles. The number of anilines is 1. The van der Waals surface area contributed by atoms with Gasteiger partial charge in [-0.3, -0.25) is 9.88 Å². The lowest BCUT2D eigenvalue weighted by atomic mass is 10.2. The Balaban J connectivity index is 1.96. The van der Waals surface area contributed by atoms with E-state index >= 15 is 0 Å². The highest BCUT2D eigenvalue weighted by Crippen LogP contribution is 2.17. The van der Waals surface area contributed by atoms with Crippen LogP contribution in [0, 0.1) is 0 Å². The summed E-state index contributed by atoms with van der Waals surface area (Å²) in [4.78, 5) is 9.58. The topological polar surface area (TPSA) is 45.4 Å². The van der Waals surface area contributed by atoms with Gasteiger partial charge in [0.15, 0.2) is 0 Å². The van der Waals surface area contributed by atoms with Gasteiger partial charge in [-0.15, -0.1) is 0 Å². The quantitative estimate of drug-likeness (QED) is 0.848. The van der Waals surface area contributed by atoms with Crippen LogP contribution in [0.2, 0.25) is 0 Å². The molecule has 0 bridgehead atoms. The van der Waals surface area contributed by atoms with Crippen molar-refractivity contribution in [2.75, 3.05) is 31.1 Å². The predicted octanol–water partition coefficient (Wildman–Crippen LogP) is 1.64. The minimum Gasteiger partial charge on any atom is -0.388 e. The van der Waals surface area contributed by atoms with Crippen LogP contribution in [-0.2, 0) is 0 Å². The molecule has 2 heterocycles. The van der Waals surface area contributed by atoms with Gasteiger partial charge < -0.3 is 10.6 Å². The summed E-state index contributed by atoms with van der Waals surface area (Å²) in [5.74, 6) is 0. The van der Waals surface area contributed by atoms with Gasteiger partial charge in [-0.2, -0.15) is 0 Å². The number of piperazine rings is 1. The molecule has 1 saturated heterocycles. The minimum absolute atomic E-state index is 0.355. The number of hydrogen-bond donors (Lipinski definition) is 1. The van der Waals surface area contributed by atoms with Gasteiger partial charge >= 0.3 is 0 Å². The first-order valence-electron chi connectivity index (χ1n) is 6.86. The number of pyridine rings is 1. The molecule has 2 N–H and O–H groups in total. The molecule has 0 saturated carbocycles. The molecule has 0 amide bonds. The van der Waals surface area contributed by atoms with E-state index < -0.39 is 0 Å². The number of aromatic nitrogens is 1. The van der Waals surface area contributed by atoms with E-state index in [2.05, 4.69) is 34.7 Å². The van der Waals surface area contributed by atoms with E-state index in [1.165, 1.54) is 6.42 Å². The number of nitrogens with two attached hydrogens (primary N) is 1. The average molecular weight is 278 g/mol. The molecule has 2 rings (SSSR count). The summed E-state index contributed by atoms with van der Waals surface area (Å²) in [5, 5.41) is 0. The fraction of sp³-hybridized carbons (Fsp3) is 0.571. The first-order chi connectivity index (χ1) is 9.11. The van der Waals surface area contributed by atoms with E-state index in [-0.39, 0.29) is 0 Å².